The van der Waals surface area contributed by atoms with Gasteiger partial charge in [0.2, 0.25) is 0 Å². The molecule has 3 heterocycles. The Morgan fingerprint density at radius 1 is 1.16 bits per heavy atom. The lowest BCUT2D eigenvalue weighted by Gasteiger charge is -2.40. The van der Waals surface area contributed by atoms with Crippen LogP contribution in [0.25, 0.3) is 0 Å². The SMILES string of the molecule is CO[C@H]1NC(=O)c2ccc(Br)n2[C@@H]1CC(=O)CN1CN(Cc2ccccc2)CN(C)C1=O. The molecule has 2 aromatic rings. The normalized spacial score (nSPS) is 21.5. The molecule has 0 unspecified atom stereocenters. The monoisotopic (exact) mass is 503 g/mol. The lowest BCUT2D eigenvalue weighted by atomic mass is 10.1. The highest BCUT2D eigenvalue weighted by Crippen LogP contribution is 2.30. The van der Waals surface area contributed by atoms with E-state index < -0.39 is 12.3 Å². The minimum absolute atomic E-state index is 0.0104. The molecule has 32 heavy (non-hydrogen) atoms. The van der Waals surface area contributed by atoms with E-state index in [1.807, 2.05) is 30.3 Å². The first-order valence-corrected chi connectivity index (χ1v) is 11.1. The van der Waals surface area contributed by atoms with Gasteiger partial charge >= 0.3 is 6.03 Å². The number of hydrogen-bond donors (Lipinski definition) is 1. The summed E-state index contributed by atoms with van der Waals surface area (Å²) in [5.41, 5.74) is 1.61. The number of ether oxygens (including phenoxy) is 1. The van der Waals surface area contributed by atoms with Gasteiger partial charge in [0.15, 0.2) is 12.0 Å². The molecule has 1 aromatic carbocycles. The molecule has 2 aliphatic rings. The average molecular weight is 504 g/mol. The van der Waals surface area contributed by atoms with Crippen LogP contribution in [-0.2, 0) is 16.1 Å². The van der Waals surface area contributed by atoms with Crippen molar-refractivity contribution >= 4 is 33.7 Å². The summed E-state index contributed by atoms with van der Waals surface area (Å²) in [5, 5.41) is 2.79. The number of aromatic nitrogens is 1. The van der Waals surface area contributed by atoms with Crippen LogP contribution in [-0.4, -0.2) is 77.3 Å². The van der Waals surface area contributed by atoms with Gasteiger partial charge < -0.3 is 24.4 Å². The molecule has 2 atom stereocenters. The summed E-state index contributed by atoms with van der Waals surface area (Å²) in [5.74, 6) is -0.362. The number of ketones is 1. The highest BCUT2D eigenvalue weighted by atomic mass is 79.9. The van der Waals surface area contributed by atoms with Crippen LogP contribution in [0.2, 0.25) is 0 Å². The van der Waals surface area contributed by atoms with Crippen LogP contribution in [0.15, 0.2) is 47.1 Å². The van der Waals surface area contributed by atoms with Crippen molar-refractivity contribution in [2.24, 2.45) is 0 Å². The van der Waals surface area contributed by atoms with Crippen LogP contribution in [0.5, 0.6) is 0 Å². The largest absolute Gasteiger partial charge is 0.359 e. The third-order valence-corrected chi connectivity index (χ3v) is 6.39. The van der Waals surface area contributed by atoms with Crippen LogP contribution in [0, 0.1) is 0 Å². The first-order chi connectivity index (χ1) is 15.4. The van der Waals surface area contributed by atoms with E-state index in [-0.39, 0.29) is 30.7 Å². The highest BCUT2D eigenvalue weighted by molar-refractivity contribution is 9.10. The van der Waals surface area contributed by atoms with E-state index in [1.165, 1.54) is 7.11 Å². The molecule has 0 spiro atoms. The highest BCUT2D eigenvalue weighted by Gasteiger charge is 2.37. The number of urea groups is 1. The van der Waals surface area contributed by atoms with Crippen molar-refractivity contribution in [3.8, 4) is 0 Å². The lowest BCUT2D eigenvalue weighted by Crippen LogP contribution is -2.57. The van der Waals surface area contributed by atoms with Gasteiger partial charge in [-0.05, 0) is 33.6 Å². The van der Waals surface area contributed by atoms with Crippen molar-refractivity contribution in [3.63, 3.8) is 0 Å². The Bertz CT molecular complexity index is 1010. The second-order valence-corrected chi connectivity index (χ2v) is 8.94. The number of carbonyl (C=O) groups is 3. The molecule has 4 rings (SSSR count). The van der Waals surface area contributed by atoms with Crippen molar-refractivity contribution in [2.75, 3.05) is 34.0 Å². The quantitative estimate of drug-likeness (QED) is 0.625. The van der Waals surface area contributed by atoms with Gasteiger partial charge in [0.1, 0.15) is 5.69 Å². The molecule has 170 valence electrons. The van der Waals surface area contributed by atoms with Gasteiger partial charge in [-0.1, -0.05) is 30.3 Å². The van der Waals surface area contributed by atoms with Gasteiger partial charge in [-0.25, -0.2) is 4.79 Å². The predicted octanol–water partition coefficient (Wildman–Crippen LogP) is 2.25. The van der Waals surface area contributed by atoms with Crippen molar-refractivity contribution in [2.45, 2.75) is 25.2 Å². The Balaban J connectivity index is 1.45. The molecule has 9 nitrogen and oxygen atoms in total. The number of amides is 3. The van der Waals surface area contributed by atoms with Crippen molar-refractivity contribution in [1.29, 1.82) is 0 Å². The van der Waals surface area contributed by atoms with Gasteiger partial charge in [0, 0.05) is 27.1 Å². The number of benzene rings is 1. The number of halogens is 1. The summed E-state index contributed by atoms with van der Waals surface area (Å²) in [4.78, 5) is 43.3. The maximum atomic E-state index is 13.1. The Hall–Kier alpha value is -2.69. The van der Waals surface area contributed by atoms with Gasteiger partial charge in [-0.2, -0.15) is 0 Å². The second kappa shape index (κ2) is 9.43. The standard InChI is InChI=1S/C22H26BrN5O4/c1-25-13-26(11-15-6-4-3-5-7-15)14-27(22(25)31)12-16(29)10-18-21(32-2)24-20(30)17-8-9-19(23)28(17)18/h3-9,18,21H,10-14H2,1-2H3,(H,24,30)/t18-,21-/m1/s1. The fourth-order valence-electron chi connectivity index (χ4n) is 4.31. The first-order valence-electron chi connectivity index (χ1n) is 10.4. The van der Waals surface area contributed by atoms with Crippen LogP contribution in [0.1, 0.15) is 28.5 Å². The minimum Gasteiger partial charge on any atom is -0.359 e. The third kappa shape index (κ3) is 4.57. The number of Topliss-reactive ketones (excluding diaryl/α,β-unsaturated/α-hetero) is 1. The van der Waals surface area contributed by atoms with Gasteiger partial charge in [-0.15, -0.1) is 0 Å². The van der Waals surface area contributed by atoms with E-state index >= 15 is 0 Å². The summed E-state index contributed by atoms with van der Waals surface area (Å²) in [6.45, 7) is 1.54. The maximum Gasteiger partial charge on any atom is 0.322 e. The Morgan fingerprint density at radius 2 is 1.91 bits per heavy atom. The number of methoxy groups -OCH3 is 1. The number of rotatable bonds is 7. The lowest BCUT2D eigenvalue weighted by molar-refractivity contribution is -0.123. The smallest absolute Gasteiger partial charge is 0.322 e. The van der Waals surface area contributed by atoms with E-state index in [2.05, 4.69) is 26.1 Å². The van der Waals surface area contributed by atoms with Crippen LogP contribution in [0.4, 0.5) is 4.79 Å². The van der Waals surface area contributed by atoms with E-state index in [4.69, 9.17) is 4.74 Å². The van der Waals surface area contributed by atoms with Crippen molar-refractivity contribution in [1.82, 2.24) is 24.6 Å². The molecule has 3 amide bonds. The van der Waals surface area contributed by atoms with Crippen LogP contribution >= 0.6 is 15.9 Å². The Morgan fingerprint density at radius 3 is 2.62 bits per heavy atom. The summed E-state index contributed by atoms with van der Waals surface area (Å²) >= 11 is 3.46. The van der Waals surface area contributed by atoms with Gasteiger partial charge in [0.05, 0.1) is 30.5 Å². The number of nitrogens with one attached hydrogen (secondary N) is 1. The molecule has 0 aliphatic carbocycles. The van der Waals surface area contributed by atoms with Gasteiger partial charge in [-0.3, -0.25) is 14.5 Å². The summed E-state index contributed by atoms with van der Waals surface area (Å²) < 4.78 is 7.92. The van der Waals surface area contributed by atoms with Crippen molar-refractivity contribution in [3.05, 3.63) is 58.3 Å². The molecule has 10 heteroatoms. The van der Waals surface area contributed by atoms with E-state index in [1.54, 1.807) is 33.5 Å². The fraction of sp³-hybridized carbons (Fsp3) is 0.409. The molecule has 1 N–H and O–H groups in total. The van der Waals surface area contributed by atoms with Crippen molar-refractivity contribution < 1.29 is 19.1 Å². The van der Waals surface area contributed by atoms with Crippen LogP contribution in [0.3, 0.4) is 0 Å². The van der Waals surface area contributed by atoms with Crippen LogP contribution < -0.4 is 5.32 Å². The molecule has 0 saturated carbocycles. The molecular weight excluding hydrogens is 478 g/mol. The number of hydrogen-bond acceptors (Lipinski definition) is 5. The first kappa shape index (κ1) is 22.5. The molecule has 0 radical (unpaired) electrons. The zero-order chi connectivity index (χ0) is 22.8. The number of nitrogens with zero attached hydrogens (tertiary/aromatic N) is 4. The molecular formula is C22H26BrN5O4. The Kier molecular flexibility index (Phi) is 6.63. The zero-order valence-electron chi connectivity index (χ0n) is 18.0. The fourth-order valence-corrected chi connectivity index (χ4v) is 4.90. The molecule has 1 aromatic heterocycles. The Labute approximate surface area is 195 Å². The average Bonchev–Trinajstić information content (AvgIpc) is 3.16. The zero-order valence-corrected chi connectivity index (χ0v) is 19.6. The molecule has 0 bridgehead atoms. The third-order valence-electron chi connectivity index (χ3n) is 5.74. The maximum absolute atomic E-state index is 13.1. The van der Waals surface area contributed by atoms with E-state index in [9.17, 15) is 14.4 Å². The van der Waals surface area contributed by atoms with E-state index in [0.717, 1.165) is 5.56 Å². The van der Waals surface area contributed by atoms with Gasteiger partial charge in [0.25, 0.3) is 5.91 Å². The number of carbonyl (C=O) groups excluding carboxylic acids is 3. The second-order valence-electron chi connectivity index (χ2n) is 8.13. The van der Waals surface area contributed by atoms with E-state index in [0.29, 0.717) is 30.2 Å². The predicted molar refractivity (Wildman–Crippen MR) is 121 cm³/mol. The summed E-state index contributed by atoms with van der Waals surface area (Å²) in [7, 11) is 3.23. The molecule has 1 saturated heterocycles. The minimum atomic E-state index is -0.642. The summed E-state index contributed by atoms with van der Waals surface area (Å²) in [6.07, 6.45) is -0.525. The summed E-state index contributed by atoms with van der Waals surface area (Å²) in [6, 6.07) is 12.9. The molecule has 1 fully saturated rings. The topological polar surface area (TPSA) is 87.1 Å². The molecule has 2 aliphatic heterocycles. The number of fused-ring (bicyclic) bond motifs is 1.